The van der Waals surface area contributed by atoms with Gasteiger partial charge in [0.25, 0.3) is 5.91 Å². The molecule has 1 saturated heterocycles. The number of carbonyl (C=O) groups is 2. The summed E-state index contributed by atoms with van der Waals surface area (Å²) in [6.07, 6.45) is 0.733. The number of nitrogens with one attached hydrogen (secondary N) is 1. The van der Waals surface area contributed by atoms with Gasteiger partial charge in [-0.1, -0.05) is 24.0 Å². The zero-order valence-electron chi connectivity index (χ0n) is 10.0. The van der Waals surface area contributed by atoms with Crippen molar-refractivity contribution in [2.45, 2.75) is 6.92 Å². The highest BCUT2D eigenvalue weighted by Gasteiger charge is 2.25. The van der Waals surface area contributed by atoms with Gasteiger partial charge >= 0.3 is 18.0 Å². The fourth-order valence-corrected chi connectivity index (χ4v) is 2.15. The lowest BCUT2D eigenvalue weighted by Crippen LogP contribution is -2.17. The average molecular weight is 316 g/mol. The van der Waals surface area contributed by atoms with Crippen molar-refractivity contribution in [2.75, 3.05) is 6.61 Å². The largest absolute Gasteiger partial charge is 0.476 e. The van der Waals surface area contributed by atoms with Crippen LogP contribution in [0.15, 0.2) is 15.6 Å². The molecule has 0 spiro atoms. The summed E-state index contributed by atoms with van der Waals surface area (Å²) in [6, 6.07) is 0. The predicted molar refractivity (Wildman–Crippen MR) is 71.7 cm³/mol. The van der Waals surface area contributed by atoms with E-state index in [9.17, 15) is 9.59 Å². The number of aromatic carboxylic acids is 1. The van der Waals surface area contributed by atoms with E-state index in [0.29, 0.717) is 4.32 Å². The number of carboxylic acid groups (broad SMARTS) is 1. The van der Waals surface area contributed by atoms with Crippen LogP contribution in [0.4, 0.5) is 0 Å². The normalized spacial score (nSPS) is 16.4. The van der Waals surface area contributed by atoms with Gasteiger partial charge in [-0.05, 0) is 6.92 Å². The summed E-state index contributed by atoms with van der Waals surface area (Å²) in [4.78, 5) is 26.1. The summed E-state index contributed by atoms with van der Waals surface area (Å²) in [7, 11) is 0. The van der Waals surface area contributed by atoms with Gasteiger partial charge in [0.05, 0.1) is 6.61 Å². The summed E-state index contributed by atoms with van der Waals surface area (Å²) in [5.41, 5.74) is -0.403. The lowest BCUT2D eigenvalue weighted by molar-refractivity contribution is -0.115. The number of thiocarbonyl (C=S) groups is 1. The fraction of sp³-hybridized carbons (Fsp3) is 0.200. The number of oxazole rings is 1. The van der Waals surface area contributed by atoms with Crippen LogP contribution >= 0.6 is 24.0 Å². The molecule has 0 bridgehead atoms. The van der Waals surface area contributed by atoms with Gasteiger partial charge in [-0.25, -0.2) is 4.79 Å². The second kappa shape index (κ2) is 5.92. The minimum absolute atomic E-state index is 0.211. The Morgan fingerprint density at radius 2 is 2.40 bits per heavy atom. The monoisotopic (exact) mass is 316 g/mol. The van der Waals surface area contributed by atoms with Crippen molar-refractivity contribution in [3.8, 4) is 12.0 Å². The predicted octanol–water partition coefficient (Wildman–Crippen LogP) is 1.14. The molecule has 2 heterocycles. The molecular formula is C10H8N2O6S2. The molecule has 2 rings (SSSR count). The van der Waals surface area contributed by atoms with E-state index in [-0.39, 0.29) is 23.5 Å². The molecule has 2 N–H and O–H groups in total. The smallest absolute Gasteiger partial charge is 0.402 e. The molecule has 10 heteroatoms. The van der Waals surface area contributed by atoms with E-state index in [1.54, 1.807) is 6.92 Å². The Morgan fingerprint density at radius 1 is 1.65 bits per heavy atom. The number of amides is 1. The van der Waals surface area contributed by atoms with Crippen molar-refractivity contribution >= 4 is 40.2 Å². The third kappa shape index (κ3) is 3.08. The zero-order valence-corrected chi connectivity index (χ0v) is 11.7. The van der Waals surface area contributed by atoms with Crippen LogP contribution in [0.5, 0.6) is 12.0 Å². The van der Waals surface area contributed by atoms with Crippen LogP contribution < -0.4 is 14.8 Å². The molecule has 106 valence electrons. The first-order valence-electron chi connectivity index (χ1n) is 5.28. The molecule has 1 fully saturated rings. The van der Waals surface area contributed by atoms with Crippen molar-refractivity contribution in [1.82, 2.24) is 10.3 Å². The average Bonchev–Trinajstić information content (AvgIpc) is 2.91. The highest BCUT2D eigenvalue weighted by molar-refractivity contribution is 8.26. The van der Waals surface area contributed by atoms with Gasteiger partial charge in [0.15, 0.2) is 0 Å². The second-order valence-electron chi connectivity index (χ2n) is 3.30. The van der Waals surface area contributed by atoms with Gasteiger partial charge in [0.2, 0.25) is 5.69 Å². The van der Waals surface area contributed by atoms with Crippen LogP contribution in [0.2, 0.25) is 0 Å². The second-order valence-corrected chi connectivity index (χ2v) is 5.02. The number of hydrogen-bond donors (Lipinski definition) is 2. The van der Waals surface area contributed by atoms with Crippen LogP contribution in [-0.4, -0.2) is 32.9 Å². The summed E-state index contributed by atoms with van der Waals surface area (Å²) < 4.78 is 15.3. The van der Waals surface area contributed by atoms with Crippen molar-refractivity contribution in [1.29, 1.82) is 0 Å². The number of nitrogens with zero attached hydrogens (tertiary/aromatic N) is 1. The van der Waals surface area contributed by atoms with Crippen LogP contribution in [-0.2, 0) is 4.79 Å². The first-order valence-corrected chi connectivity index (χ1v) is 6.50. The van der Waals surface area contributed by atoms with Crippen LogP contribution in [0.25, 0.3) is 0 Å². The minimum Gasteiger partial charge on any atom is -0.476 e. The van der Waals surface area contributed by atoms with Gasteiger partial charge < -0.3 is 24.3 Å². The number of aromatic nitrogens is 1. The topological polar surface area (TPSA) is 111 Å². The molecule has 0 radical (unpaired) electrons. The Morgan fingerprint density at radius 3 is 2.95 bits per heavy atom. The van der Waals surface area contributed by atoms with Crippen molar-refractivity contribution in [3.63, 3.8) is 0 Å². The maximum Gasteiger partial charge on any atom is 0.402 e. The molecule has 1 aliphatic heterocycles. The molecule has 20 heavy (non-hydrogen) atoms. The molecule has 8 nitrogen and oxygen atoms in total. The van der Waals surface area contributed by atoms with Crippen molar-refractivity contribution in [2.24, 2.45) is 0 Å². The van der Waals surface area contributed by atoms with Gasteiger partial charge in [0.1, 0.15) is 15.5 Å². The Balaban J connectivity index is 2.16. The lowest BCUT2D eigenvalue weighted by Gasteiger charge is -1.96. The molecule has 1 aromatic rings. The number of ether oxygens (including phenoxy) is 2. The number of carboxylic acids is 1. The molecule has 1 aliphatic rings. The summed E-state index contributed by atoms with van der Waals surface area (Å²) >= 11 is 5.81. The number of carbonyl (C=O) groups excluding carboxylic acids is 1. The first kappa shape index (κ1) is 14.3. The SMILES string of the molecule is CCOc1oc(OC=C2SC(=S)NC2=O)nc1C(=O)O. The zero-order chi connectivity index (χ0) is 14.7. The van der Waals surface area contributed by atoms with E-state index >= 15 is 0 Å². The maximum atomic E-state index is 11.4. The number of thioether (sulfide) groups is 1. The lowest BCUT2D eigenvalue weighted by atomic mass is 10.5. The van der Waals surface area contributed by atoms with E-state index in [2.05, 4.69) is 10.3 Å². The van der Waals surface area contributed by atoms with Crippen molar-refractivity contribution in [3.05, 3.63) is 16.9 Å². The van der Waals surface area contributed by atoms with Crippen molar-refractivity contribution < 1.29 is 28.6 Å². The number of hydrogen-bond acceptors (Lipinski definition) is 8. The van der Waals surface area contributed by atoms with Gasteiger partial charge in [-0.3, -0.25) is 4.79 Å². The van der Waals surface area contributed by atoms with E-state index in [1.807, 2.05) is 0 Å². The Bertz CT molecular complexity index is 609. The number of rotatable bonds is 5. The highest BCUT2D eigenvalue weighted by Crippen LogP contribution is 2.27. The third-order valence-corrected chi connectivity index (χ3v) is 3.10. The summed E-state index contributed by atoms with van der Waals surface area (Å²) in [5.74, 6) is -1.98. The fourth-order valence-electron chi connectivity index (χ4n) is 1.21. The van der Waals surface area contributed by atoms with E-state index in [1.165, 1.54) is 0 Å². The minimum atomic E-state index is -1.31. The maximum absolute atomic E-state index is 11.4. The summed E-state index contributed by atoms with van der Waals surface area (Å²) in [6.45, 7) is 1.87. The Labute approximate surface area is 122 Å². The van der Waals surface area contributed by atoms with Gasteiger partial charge in [-0.15, -0.1) is 0 Å². The molecule has 0 aliphatic carbocycles. The van der Waals surface area contributed by atoms with Gasteiger partial charge in [-0.2, -0.15) is 4.98 Å². The molecular weight excluding hydrogens is 308 g/mol. The van der Waals surface area contributed by atoms with Gasteiger partial charge in [0, 0.05) is 0 Å². The first-order chi connectivity index (χ1) is 9.51. The van der Waals surface area contributed by atoms with E-state index in [4.69, 9.17) is 31.2 Å². The van der Waals surface area contributed by atoms with E-state index < -0.39 is 17.6 Å². The van der Waals surface area contributed by atoms with Crippen LogP contribution in [0.1, 0.15) is 17.4 Å². The van der Waals surface area contributed by atoms with Crippen LogP contribution in [0.3, 0.4) is 0 Å². The van der Waals surface area contributed by atoms with E-state index in [0.717, 1.165) is 18.0 Å². The Kier molecular flexibility index (Phi) is 4.25. The van der Waals surface area contributed by atoms with Crippen LogP contribution in [0, 0.1) is 0 Å². The molecule has 0 aromatic carbocycles. The molecule has 0 atom stereocenters. The summed E-state index contributed by atoms with van der Waals surface area (Å²) in [5, 5.41) is 11.3. The molecule has 0 unspecified atom stereocenters. The molecule has 0 saturated carbocycles. The highest BCUT2D eigenvalue weighted by atomic mass is 32.2. The quantitative estimate of drug-likeness (QED) is 0.469. The third-order valence-electron chi connectivity index (χ3n) is 1.96. The molecule has 1 amide bonds. The Hall–Kier alpha value is -2.07. The molecule has 1 aromatic heterocycles. The standard InChI is InChI=1S/C10H8N2O6S2/c1-2-16-8-5(7(14)15)11-9(18-8)17-3-4-6(13)12-10(19)20-4/h3H,2H2,1H3,(H,14,15)(H,12,13,19).